The van der Waals surface area contributed by atoms with Gasteiger partial charge in [-0.25, -0.2) is 15.8 Å². The standard InChI is InChI=1S/C23H25N5O2/c1-15-6-8-16(9-7-15)19-14-20(26-25-19)23(30)27-11-10-21-24-18-5-3-2-4-17(18)22(29)28(21)13-12-27/h2-9,19-20,25-26H,10-14H2,1H3. The number of carbonyl (C=O) groups excluding carboxylic acids is 1. The molecule has 2 atom stereocenters. The topological polar surface area (TPSA) is 79.3 Å². The molecule has 0 saturated carbocycles. The van der Waals surface area contributed by atoms with Gasteiger partial charge in [-0.3, -0.25) is 14.2 Å². The minimum atomic E-state index is -0.277. The van der Waals surface area contributed by atoms with Crippen molar-refractivity contribution in [2.75, 3.05) is 13.1 Å². The SMILES string of the molecule is Cc1ccc(C2CC(C(=O)N3CCc4nc5ccccc5c(=O)n4CC3)NN2)cc1. The Morgan fingerprint density at radius 1 is 1.03 bits per heavy atom. The fraction of sp³-hybridized carbons (Fsp3) is 0.348. The number of carbonyl (C=O) groups is 1. The molecule has 1 fully saturated rings. The van der Waals surface area contributed by atoms with Gasteiger partial charge in [0.25, 0.3) is 5.56 Å². The summed E-state index contributed by atoms with van der Waals surface area (Å²) in [4.78, 5) is 32.6. The van der Waals surface area contributed by atoms with Crippen LogP contribution in [0.2, 0.25) is 0 Å². The highest BCUT2D eigenvalue weighted by molar-refractivity contribution is 5.82. The molecule has 2 aromatic carbocycles. The van der Waals surface area contributed by atoms with Crippen molar-refractivity contribution in [3.8, 4) is 0 Å². The van der Waals surface area contributed by atoms with E-state index in [1.54, 1.807) is 4.57 Å². The molecular weight excluding hydrogens is 378 g/mol. The largest absolute Gasteiger partial charge is 0.339 e. The predicted octanol–water partition coefficient (Wildman–Crippen LogP) is 1.70. The van der Waals surface area contributed by atoms with Gasteiger partial charge in [-0.05, 0) is 31.0 Å². The van der Waals surface area contributed by atoms with E-state index in [0.717, 1.165) is 11.3 Å². The molecule has 1 amide bonds. The lowest BCUT2D eigenvalue weighted by Gasteiger charge is -2.23. The molecule has 0 aliphatic carbocycles. The summed E-state index contributed by atoms with van der Waals surface area (Å²) in [6.07, 6.45) is 1.28. The maximum Gasteiger partial charge on any atom is 0.261 e. The highest BCUT2D eigenvalue weighted by Gasteiger charge is 2.33. The molecular formula is C23H25N5O2. The lowest BCUT2D eigenvalue weighted by molar-refractivity contribution is -0.133. The van der Waals surface area contributed by atoms with Crippen molar-refractivity contribution in [3.63, 3.8) is 0 Å². The van der Waals surface area contributed by atoms with E-state index in [4.69, 9.17) is 0 Å². The van der Waals surface area contributed by atoms with Crippen molar-refractivity contribution in [3.05, 3.63) is 75.8 Å². The zero-order valence-electron chi connectivity index (χ0n) is 17.0. The zero-order valence-corrected chi connectivity index (χ0v) is 17.0. The van der Waals surface area contributed by atoms with Crippen molar-refractivity contribution in [1.29, 1.82) is 0 Å². The number of hydrogen-bond acceptors (Lipinski definition) is 5. The molecule has 1 aromatic heterocycles. The first-order valence-electron chi connectivity index (χ1n) is 10.4. The van der Waals surface area contributed by atoms with Crippen LogP contribution in [0.5, 0.6) is 0 Å². The maximum atomic E-state index is 13.2. The van der Waals surface area contributed by atoms with Crippen LogP contribution >= 0.6 is 0 Å². The third-order valence-electron chi connectivity index (χ3n) is 6.13. The van der Waals surface area contributed by atoms with E-state index in [1.807, 2.05) is 29.2 Å². The molecule has 2 aliphatic rings. The van der Waals surface area contributed by atoms with Gasteiger partial charge in [-0.15, -0.1) is 0 Å². The van der Waals surface area contributed by atoms with Gasteiger partial charge >= 0.3 is 0 Å². The summed E-state index contributed by atoms with van der Waals surface area (Å²) >= 11 is 0. The summed E-state index contributed by atoms with van der Waals surface area (Å²) in [5.74, 6) is 0.826. The normalized spacial score (nSPS) is 21.4. The summed E-state index contributed by atoms with van der Waals surface area (Å²) in [6.45, 7) is 3.62. The Morgan fingerprint density at radius 2 is 1.83 bits per heavy atom. The molecule has 0 spiro atoms. The Morgan fingerprint density at radius 3 is 2.67 bits per heavy atom. The van der Waals surface area contributed by atoms with Crippen LogP contribution in [0.4, 0.5) is 0 Å². The van der Waals surface area contributed by atoms with Crippen molar-refractivity contribution < 1.29 is 4.79 Å². The van der Waals surface area contributed by atoms with Crippen LogP contribution in [0.1, 0.15) is 29.4 Å². The van der Waals surface area contributed by atoms with Crippen molar-refractivity contribution in [2.24, 2.45) is 0 Å². The number of rotatable bonds is 2. The van der Waals surface area contributed by atoms with E-state index in [2.05, 4.69) is 47.0 Å². The van der Waals surface area contributed by atoms with E-state index in [-0.39, 0.29) is 23.6 Å². The average molecular weight is 403 g/mol. The molecule has 1 saturated heterocycles. The molecule has 3 aromatic rings. The second-order valence-electron chi connectivity index (χ2n) is 8.12. The number of nitrogens with one attached hydrogen (secondary N) is 2. The van der Waals surface area contributed by atoms with Gasteiger partial charge < -0.3 is 4.90 Å². The van der Waals surface area contributed by atoms with Crippen molar-refractivity contribution >= 4 is 16.8 Å². The highest BCUT2D eigenvalue weighted by atomic mass is 16.2. The van der Waals surface area contributed by atoms with Crippen LogP contribution in [0.3, 0.4) is 0 Å². The maximum absolute atomic E-state index is 13.2. The Bertz CT molecular complexity index is 1150. The second-order valence-corrected chi connectivity index (χ2v) is 8.12. The van der Waals surface area contributed by atoms with Gasteiger partial charge in [0.15, 0.2) is 0 Å². The number of hydrazine groups is 1. The fourth-order valence-corrected chi connectivity index (χ4v) is 4.38. The first-order chi connectivity index (χ1) is 14.6. The summed E-state index contributed by atoms with van der Waals surface area (Å²) < 4.78 is 1.73. The van der Waals surface area contributed by atoms with Gasteiger partial charge in [-0.2, -0.15) is 0 Å². The second kappa shape index (κ2) is 7.66. The molecule has 7 nitrogen and oxygen atoms in total. The Balaban J connectivity index is 1.31. The van der Waals surface area contributed by atoms with E-state index >= 15 is 0 Å². The Labute approximate surface area is 174 Å². The van der Waals surface area contributed by atoms with Crippen molar-refractivity contribution in [2.45, 2.75) is 38.4 Å². The monoisotopic (exact) mass is 403 g/mol. The summed E-state index contributed by atoms with van der Waals surface area (Å²) in [6, 6.07) is 15.6. The summed E-state index contributed by atoms with van der Waals surface area (Å²) in [5.41, 5.74) is 9.52. The van der Waals surface area contributed by atoms with Gasteiger partial charge in [0.05, 0.1) is 10.9 Å². The average Bonchev–Trinajstić information content (AvgIpc) is 3.16. The number of amides is 1. The van der Waals surface area contributed by atoms with E-state index in [9.17, 15) is 9.59 Å². The first-order valence-corrected chi connectivity index (χ1v) is 10.4. The molecule has 2 aliphatic heterocycles. The number of aryl methyl sites for hydroxylation is 1. The fourth-order valence-electron chi connectivity index (χ4n) is 4.38. The Kier molecular flexibility index (Phi) is 4.84. The van der Waals surface area contributed by atoms with Crippen LogP contribution in [0.15, 0.2) is 53.3 Å². The van der Waals surface area contributed by atoms with Gasteiger partial charge in [0.1, 0.15) is 11.9 Å². The van der Waals surface area contributed by atoms with Crippen LogP contribution < -0.4 is 16.4 Å². The molecule has 30 heavy (non-hydrogen) atoms. The van der Waals surface area contributed by atoms with Crippen LogP contribution in [0, 0.1) is 6.92 Å². The number of benzene rings is 2. The van der Waals surface area contributed by atoms with Crippen molar-refractivity contribution in [1.82, 2.24) is 25.3 Å². The van der Waals surface area contributed by atoms with E-state index in [0.29, 0.717) is 37.9 Å². The number of para-hydroxylation sites is 1. The third kappa shape index (κ3) is 3.40. The lowest BCUT2D eigenvalue weighted by atomic mass is 10.0. The van der Waals surface area contributed by atoms with E-state index in [1.165, 1.54) is 11.1 Å². The van der Waals surface area contributed by atoms with Crippen LogP contribution in [-0.2, 0) is 17.8 Å². The van der Waals surface area contributed by atoms with E-state index < -0.39 is 0 Å². The molecule has 154 valence electrons. The minimum Gasteiger partial charge on any atom is -0.339 e. The Hall–Kier alpha value is -3.03. The molecule has 7 heteroatoms. The first kappa shape index (κ1) is 19.0. The van der Waals surface area contributed by atoms with Crippen LogP contribution in [-0.4, -0.2) is 39.5 Å². The summed E-state index contributed by atoms with van der Waals surface area (Å²) in [7, 11) is 0. The van der Waals surface area contributed by atoms with Gasteiger partial charge in [-0.1, -0.05) is 42.0 Å². The summed E-state index contributed by atoms with van der Waals surface area (Å²) in [5, 5.41) is 0.628. The number of hydrogen-bond donors (Lipinski definition) is 2. The number of aromatic nitrogens is 2. The quantitative estimate of drug-likeness (QED) is 0.681. The molecule has 0 bridgehead atoms. The van der Waals surface area contributed by atoms with Gasteiger partial charge in [0.2, 0.25) is 5.91 Å². The van der Waals surface area contributed by atoms with Crippen LogP contribution in [0.25, 0.3) is 10.9 Å². The molecule has 2 unspecified atom stereocenters. The molecule has 2 N–H and O–H groups in total. The zero-order chi connectivity index (χ0) is 20.7. The third-order valence-corrected chi connectivity index (χ3v) is 6.13. The molecule has 3 heterocycles. The predicted molar refractivity (Wildman–Crippen MR) is 115 cm³/mol. The lowest BCUT2D eigenvalue weighted by Crippen LogP contribution is -2.46. The highest BCUT2D eigenvalue weighted by Crippen LogP contribution is 2.24. The van der Waals surface area contributed by atoms with Gasteiger partial charge in [0, 0.05) is 32.1 Å². The minimum absolute atomic E-state index is 0.0232. The molecule has 5 rings (SSSR count). The number of fused-ring (bicyclic) bond motifs is 2. The number of nitrogens with zero attached hydrogens (tertiary/aromatic N) is 3. The smallest absolute Gasteiger partial charge is 0.261 e. The molecule has 0 radical (unpaired) electrons.